The van der Waals surface area contributed by atoms with Crippen LogP contribution in [0.25, 0.3) is 0 Å². The van der Waals surface area contributed by atoms with Gasteiger partial charge in [-0.1, -0.05) is 249 Å². The van der Waals surface area contributed by atoms with Crippen LogP contribution in [0.15, 0.2) is 48.6 Å². The van der Waals surface area contributed by atoms with Crippen molar-refractivity contribution in [2.24, 2.45) is 0 Å². The summed E-state index contributed by atoms with van der Waals surface area (Å²) < 4.78 is 11.3. The van der Waals surface area contributed by atoms with Gasteiger partial charge < -0.3 is 40.3 Å². The Morgan fingerprint density at radius 2 is 0.868 bits per heavy atom. The highest BCUT2D eigenvalue weighted by Gasteiger charge is 2.44. The molecule has 398 valence electrons. The zero-order valence-corrected chi connectivity index (χ0v) is 44.1. The van der Waals surface area contributed by atoms with Crippen molar-refractivity contribution < 1.29 is 39.8 Å². The summed E-state index contributed by atoms with van der Waals surface area (Å²) in [6.07, 6.45) is 57.5. The van der Waals surface area contributed by atoms with E-state index in [1.807, 2.05) is 6.08 Å². The molecule has 1 amide bonds. The number of hydrogen-bond acceptors (Lipinski definition) is 8. The Balaban J connectivity index is 2.15. The van der Waals surface area contributed by atoms with Crippen molar-refractivity contribution in [3.63, 3.8) is 0 Å². The molecule has 1 aliphatic heterocycles. The Kier molecular flexibility index (Phi) is 46.0. The van der Waals surface area contributed by atoms with Crippen LogP contribution in [-0.4, -0.2) is 87.5 Å². The number of nitrogens with one attached hydrogen (secondary N) is 1. The number of aliphatic hydroxyl groups excluding tert-OH is 5. The quantitative estimate of drug-likeness (QED) is 0.0261. The van der Waals surface area contributed by atoms with Crippen molar-refractivity contribution in [2.75, 3.05) is 13.2 Å². The molecule has 1 saturated heterocycles. The van der Waals surface area contributed by atoms with E-state index >= 15 is 0 Å². The van der Waals surface area contributed by atoms with Gasteiger partial charge in [-0.3, -0.25) is 4.79 Å². The molecule has 68 heavy (non-hydrogen) atoms. The van der Waals surface area contributed by atoms with Crippen molar-refractivity contribution in [1.29, 1.82) is 0 Å². The summed E-state index contributed by atoms with van der Waals surface area (Å²) in [5.41, 5.74) is 0. The summed E-state index contributed by atoms with van der Waals surface area (Å²) in [5.74, 6) is -0.176. The highest BCUT2D eigenvalue weighted by atomic mass is 16.7. The fourth-order valence-corrected chi connectivity index (χ4v) is 9.05. The maximum atomic E-state index is 13.0. The van der Waals surface area contributed by atoms with Gasteiger partial charge in [0.15, 0.2) is 6.29 Å². The Morgan fingerprint density at radius 1 is 0.500 bits per heavy atom. The van der Waals surface area contributed by atoms with Crippen LogP contribution in [0, 0.1) is 0 Å². The third-order valence-corrected chi connectivity index (χ3v) is 13.6. The first kappa shape index (κ1) is 64.2. The molecule has 1 heterocycles. The normalized spacial score (nSPS) is 19.9. The molecule has 7 unspecified atom stereocenters. The summed E-state index contributed by atoms with van der Waals surface area (Å²) >= 11 is 0. The van der Waals surface area contributed by atoms with E-state index in [4.69, 9.17) is 9.47 Å². The maximum absolute atomic E-state index is 13.0. The van der Waals surface area contributed by atoms with Gasteiger partial charge in [-0.05, 0) is 57.8 Å². The first-order chi connectivity index (χ1) is 33.3. The number of hydrogen-bond donors (Lipinski definition) is 6. The summed E-state index contributed by atoms with van der Waals surface area (Å²) in [5, 5.41) is 54.4. The second kappa shape index (κ2) is 48.8. The van der Waals surface area contributed by atoms with Crippen LogP contribution in [0.3, 0.4) is 0 Å². The van der Waals surface area contributed by atoms with E-state index in [-0.39, 0.29) is 12.5 Å². The summed E-state index contributed by atoms with van der Waals surface area (Å²) in [7, 11) is 0. The zero-order valence-electron chi connectivity index (χ0n) is 44.1. The summed E-state index contributed by atoms with van der Waals surface area (Å²) in [4.78, 5) is 13.0. The van der Waals surface area contributed by atoms with Gasteiger partial charge in [-0.25, -0.2) is 0 Å². The molecule has 0 aromatic heterocycles. The van der Waals surface area contributed by atoms with Crippen LogP contribution in [0.5, 0.6) is 0 Å². The van der Waals surface area contributed by atoms with Gasteiger partial charge in [0.2, 0.25) is 5.91 Å². The number of rotatable bonds is 49. The van der Waals surface area contributed by atoms with Crippen LogP contribution in [0.1, 0.15) is 264 Å². The fraction of sp³-hybridized carbons (Fsp3) is 0.847. The third-order valence-electron chi connectivity index (χ3n) is 13.6. The second-order valence-electron chi connectivity index (χ2n) is 20.1. The van der Waals surface area contributed by atoms with Crippen molar-refractivity contribution >= 4 is 5.91 Å². The number of amides is 1. The van der Waals surface area contributed by atoms with Crippen molar-refractivity contribution in [3.8, 4) is 0 Å². The monoisotopic (exact) mass is 960 g/mol. The lowest BCUT2D eigenvalue weighted by Gasteiger charge is -2.40. The van der Waals surface area contributed by atoms with E-state index in [0.717, 1.165) is 51.4 Å². The highest BCUT2D eigenvalue weighted by Crippen LogP contribution is 2.23. The lowest BCUT2D eigenvalue weighted by atomic mass is 9.99. The lowest BCUT2D eigenvalue weighted by molar-refractivity contribution is -0.302. The fourth-order valence-electron chi connectivity index (χ4n) is 9.05. The van der Waals surface area contributed by atoms with E-state index < -0.39 is 49.5 Å². The minimum atomic E-state index is -1.57. The van der Waals surface area contributed by atoms with Crippen LogP contribution in [-0.2, 0) is 14.3 Å². The number of ether oxygens (including phenoxy) is 2. The van der Waals surface area contributed by atoms with Crippen LogP contribution < -0.4 is 5.32 Å². The predicted octanol–water partition coefficient (Wildman–Crippen LogP) is 14.1. The third kappa shape index (κ3) is 37.9. The van der Waals surface area contributed by atoms with Gasteiger partial charge in [-0.15, -0.1) is 0 Å². The molecule has 0 saturated carbocycles. The molecule has 0 aromatic carbocycles. The topological polar surface area (TPSA) is 149 Å². The molecule has 9 heteroatoms. The number of carbonyl (C=O) groups excluding carboxylic acids is 1. The Morgan fingerprint density at radius 3 is 1.28 bits per heavy atom. The minimum Gasteiger partial charge on any atom is -0.394 e. The molecule has 1 aliphatic rings. The Hall–Kier alpha value is -1.85. The van der Waals surface area contributed by atoms with Gasteiger partial charge in [0, 0.05) is 6.42 Å². The van der Waals surface area contributed by atoms with E-state index in [9.17, 15) is 30.3 Å². The maximum Gasteiger partial charge on any atom is 0.220 e. The van der Waals surface area contributed by atoms with E-state index in [1.54, 1.807) is 6.08 Å². The molecule has 7 atom stereocenters. The predicted molar refractivity (Wildman–Crippen MR) is 286 cm³/mol. The molecular weight excluding hydrogens is 851 g/mol. The molecule has 0 aromatic rings. The van der Waals surface area contributed by atoms with E-state index in [1.165, 1.54) is 193 Å². The van der Waals surface area contributed by atoms with Crippen LogP contribution in [0.4, 0.5) is 0 Å². The van der Waals surface area contributed by atoms with Gasteiger partial charge >= 0.3 is 0 Å². The largest absolute Gasteiger partial charge is 0.394 e. The van der Waals surface area contributed by atoms with Gasteiger partial charge in [0.1, 0.15) is 24.4 Å². The summed E-state index contributed by atoms with van der Waals surface area (Å²) in [6.45, 7) is 3.78. The second-order valence-corrected chi connectivity index (χ2v) is 20.1. The van der Waals surface area contributed by atoms with Crippen LogP contribution in [0.2, 0.25) is 0 Å². The average molecular weight is 961 g/mol. The molecule has 0 aliphatic carbocycles. The van der Waals surface area contributed by atoms with Crippen molar-refractivity contribution in [2.45, 2.75) is 307 Å². The molecule has 0 radical (unpaired) electrons. The number of allylic oxidation sites excluding steroid dienone is 7. The summed E-state index contributed by atoms with van der Waals surface area (Å²) in [6, 6.07) is -0.804. The molecule has 0 spiro atoms. The molecule has 9 nitrogen and oxygen atoms in total. The SMILES string of the molecule is CCCCCCC/C=C\C/C=C\C/C=C\CCCCCCCCCCCCCCCCCCC(=O)NC(COC1OC(CO)C(O)C(O)C1O)C(O)/C=C/CCCCCCCCCCCCCC. The van der Waals surface area contributed by atoms with Gasteiger partial charge in [-0.2, -0.15) is 0 Å². The van der Waals surface area contributed by atoms with Gasteiger partial charge in [0.25, 0.3) is 0 Å². The zero-order chi connectivity index (χ0) is 49.4. The van der Waals surface area contributed by atoms with Crippen molar-refractivity contribution in [3.05, 3.63) is 48.6 Å². The standard InChI is InChI=1S/C59H109NO8/c1-3-5-7-9-11-13-15-17-19-20-21-22-23-24-25-26-27-28-29-30-31-32-33-34-35-37-39-41-43-45-47-49-55(63)60-52(51-67-59-58(66)57(65)56(64)54(50-61)68-59)53(62)48-46-44-42-40-38-36-18-16-14-12-10-8-6-4-2/h15,17,20-21,23-24,46,48,52-54,56-59,61-62,64-66H,3-14,16,18-19,22,25-45,47,49-51H2,1-2H3,(H,60,63)/b17-15-,21-20-,24-23-,48-46+. The van der Waals surface area contributed by atoms with Crippen LogP contribution >= 0.6 is 0 Å². The minimum absolute atomic E-state index is 0.176. The number of aliphatic hydroxyl groups is 5. The number of carbonyl (C=O) groups is 1. The average Bonchev–Trinajstić information content (AvgIpc) is 3.34. The number of unbranched alkanes of at least 4 members (excludes halogenated alkanes) is 33. The molecular formula is C59H109NO8. The Bertz CT molecular complexity index is 1210. The van der Waals surface area contributed by atoms with E-state index in [0.29, 0.717) is 6.42 Å². The first-order valence-corrected chi connectivity index (χ1v) is 28.9. The molecule has 0 bridgehead atoms. The lowest BCUT2D eigenvalue weighted by Crippen LogP contribution is -2.60. The molecule has 6 N–H and O–H groups in total. The van der Waals surface area contributed by atoms with Crippen molar-refractivity contribution in [1.82, 2.24) is 5.32 Å². The van der Waals surface area contributed by atoms with E-state index in [2.05, 4.69) is 55.6 Å². The molecule has 1 fully saturated rings. The smallest absolute Gasteiger partial charge is 0.220 e. The molecule has 1 rings (SSSR count). The highest BCUT2D eigenvalue weighted by molar-refractivity contribution is 5.76. The van der Waals surface area contributed by atoms with Gasteiger partial charge in [0.05, 0.1) is 25.4 Å². The first-order valence-electron chi connectivity index (χ1n) is 28.9. The Labute approximate surface area is 418 Å².